The molecule has 4 aromatic carbocycles. The number of halogens is 1. The Hall–Kier alpha value is -3.95. The number of nitro benzene ring substituents is 1. The zero-order valence-corrected chi connectivity index (χ0v) is 21.7. The van der Waals surface area contributed by atoms with Crippen LogP contribution in [0.25, 0.3) is 16.8 Å². The molecule has 0 radical (unpaired) electrons. The minimum absolute atomic E-state index is 0.00694. The van der Waals surface area contributed by atoms with E-state index in [9.17, 15) is 19.7 Å². The summed E-state index contributed by atoms with van der Waals surface area (Å²) in [5, 5.41) is 12.7. The first-order valence-electron chi connectivity index (χ1n) is 11.3. The zero-order chi connectivity index (χ0) is 25.9. The van der Waals surface area contributed by atoms with Crippen LogP contribution in [0.3, 0.4) is 0 Å². The van der Waals surface area contributed by atoms with E-state index in [1.807, 2.05) is 54.6 Å². The number of hydrogen-bond donors (Lipinski definition) is 0. The smallest absolute Gasteiger partial charge is 0.293 e. The number of amides is 2. The summed E-state index contributed by atoms with van der Waals surface area (Å²) < 4.78 is 6.75. The molecule has 1 saturated heterocycles. The second kappa shape index (κ2) is 10.6. The second-order valence-electron chi connectivity index (χ2n) is 8.34. The van der Waals surface area contributed by atoms with Gasteiger partial charge in [0.25, 0.3) is 16.8 Å². The molecule has 7 nitrogen and oxygen atoms in total. The van der Waals surface area contributed by atoms with Crippen molar-refractivity contribution < 1.29 is 19.2 Å². The molecule has 5 rings (SSSR count). The van der Waals surface area contributed by atoms with Gasteiger partial charge in [0.1, 0.15) is 12.4 Å². The van der Waals surface area contributed by atoms with E-state index < -0.39 is 4.92 Å². The summed E-state index contributed by atoms with van der Waals surface area (Å²) in [6.07, 6.45) is 1.65. The fourth-order valence-electron chi connectivity index (χ4n) is 3.94. The van der Waals surface area contributed by atoms with Crippen molar-refractivity contribution in [1.82, 2.24) is 4.90 Å². The van der Waals surface area contributed by atoms with Crippen LogP contribution < -0.4 is 4.74 Å². The molecule has 0 bridgehead atoms. The number of hydrogen-bond acceptors (Lipinski definition) is 6. The number of nitrogens with zero attached hydrogens (tertiary/aromatic N) is 2. The van der Waals surface area contributed by atoms with Crippen LogP contribution in [0.1, 0.15) is 16.7 Å². The molecule has 1 aliphatic heterocycles. The van der Waals surface area contributed by atoms with Crippen molar-refractivity contribution in [2.45, 2.75) is 13.2 Å². The molecule has 184 valence electrons. The van der Waals surface area contributed by atoms with Crippen LogP contribution in [-0.4, -0.2) is 21.0 Å². The van der Waals surface area contributed by atoms with Crippen molar-refractivity contribution in [3.8, 4) is 5.75 Å². The highest BCUT2D eigenvalue weighted by atomic mass is 79.9. The van der Waals surface area contributed by atoms with Crippen LogP contribution in [-0.2, 0) is 17.9 Å². The first kappa shape index (κ1) is 24.7. The first-order chi connectivity index (χ1) is 17.9. The molecule has 2 amide bonds. The molecule has 0 aliphatic carbocycles. The van der Waals surface area contributed by atoms with Crippen LogP contribution in [0.5, 0.6) is 5.75 Å². The Morgan fingerprint density at radius 2 is 1.65 bits per heavy atom. The summed E-state index contributed by atoms with van der Waals surface area (Å²) in [5.41, 5.74) is 2.27. The molecule has 0 N–H and O–H groups in total. The van der Waals surface area contributed by atoms with Crippen molar-refractivity contribution in [3.63, 3.8) is 0 Å². The maximum atomic E-state index is 13.2. The monoisotopic (exact) mass is 574 g/mol. The molecule has 0 atom stereocenters. The van der Waals surface area contributed by atoms with Crippen LogP contribution in [0.4, 0.5) is 10.5 Å². The fraction of sp³-hybridized carbons (Fsp3) is 0.0714. The summed E-state index contributed by atoms with van der Waals surface area (Å²) >= 11 is 4.34. The lowest BCUT2D eigenvalue weighted by Gasteiger charge is -2.13. The van der Waals surface area contributed by atoms with Gasteiger partial charge >= 0.3 is 0 Å². The van der Waals surface area contributed by atoms with Gasteiger partial charge in [-0.1, -0.05) is 52.3 Å². The van der Waals surface area contributed by atoms with Crippen LogP contribution in [0, 0.1) is 10.1 Å². The second-order valence-corrected chi connectivity index (χ2v) is 10.3. The van der Waals surface area contributed by atoms with E-state index in [1.54, 1.807) is 24.3 Å². The third-order valence-electron chi connectivity index (χ3n) is 5.83. The largest absolute Gasteiger partial charge is 0.488 e. The number of non-ortho nitro benzene ring substituents is 1. The number of benzene rings is 4. The number of thioether (sulfide) groups is 1. The minimum atomic E-state index is -0.454. The maximum Gasteiger partial charge on any atom is 0.293 e. The fourth-order valence-corrected chi connectivity index (χ4v) is 5.14. The van der Waals surface area contributed by atoms with Gasteiger partial charge in [0.15, 0.2) is 0 Å². The third-order valence-corrected chi connectivity index (χ3v) is 7.23. The lowest BCUT2D eigenvalue weighted by molar-refractivity contribution is -0.384. The Morgan fingerprint density at radius 1 is 0.919 bits per heavy atom. The van der Waals surface area contributed by atoms with Gasteiger partial charge in [0.05, 0.1) is 16.4 Å². The summed E-state index contributed by atoms with van der Waals surface area (Å²) in [4.78, 5) is 37.9. The van der Waals surface area contributed by atoms with Crippen LogP contribution in [0.15, 0.2) is 94.3 Å². The number of rotatable bonds is 7. The SMILES string of the molecule is O=C1S/C(=C\c2cc(Br)ccc2OCc2ccc([N+](=O)[O-])cc2)C(=O)N1Cc1ccc2ccccc2c1. The normalized spacial score (nSPS) is 14.5. The summed E-state index contributed by atoms with van der Waals surface area (Å²) in [5.74, 6) is 0.160. The Kier molecular flexibility index (Phi) is 7.07. The van der Waals surface area contributed by atoms with Gasteiger partial charge in [0.2, 0.25) is 0 Å². The molecule has 37 heavy (non-hydrogen) atoms. The van der Waals surface area contributed by atoms with Gasteiger partial charge in [0, 0.05) is 22.2 Å². The maximum absolute atomic E-state index is 13.2. The molecule has 9 heteroatoms. The molecular weight excluding hydrogens is 556 g/mol. The van der Waals surface area contributed by atoms with Gasteiger partial charge in [-0.05, 0) is 76.1 Å². The van der Waals surface area contributed by atoms with Crippen molar-refractivity contribution in [3.05, 3.63) is 121 Å². The quantitative estimate of drug-likeness (QED) is 0.130. The highest BCUT2D eigenvalue weighted by Gasteiger charge is 2.35. The summed E-state index contributed by atoms with van der Waals surface area (Å²) in [6.45, 7) is 0.374. The molecule has 0 saturated carbocycles. The zero-order valence-electron chi connectivity index (χ0n) is 19.3. The van der Waals surface area contributed by atoms with Crippen molar-refractivity contribution in [1.29, 1.82) is 0 Å². The van der Waals surface area contributed by atoms with E-state index in [-0.39, 0.29) is 30.0 Å². The molecular formula is C28H19BrN2O5S. The topological polar surface area (TPSA) is 89.7 Å². The highest BCUT2D eigenvalue weighted by Crippen LogP contribution is 2.36. The van der Waals surface area contributed by atoms with E-state index >= 15 is 0 Å². The van der Waals surface area contributed by atoms with E-state index in [0.29, 0.717) is 16.2 Å². The first-order valence-corrected chi connectivity index (χ1v) is 12.9. The minimum Gasteiger partial charge on any atom is -0.488 e. The molecule has 1 fully saturated rings. The molecule has 0 unspecified atom stereocenters. The number of imide groups is 1. The summed E-state index contributed by atoms with van der Waals surface area (Å²) in [7, 11) is 0. The van der Waals surface area contributed by atoms with Crippen molar-refractivity contribution in [2.75, 3.05) is 0 Å². The molecule has 1 aliphatic rings. The molecule has 1 heterocycles. The number of carbonyl (C=O) groups excluding carboxylic acids is 2. The number of fused-ring (bicyclic) bond motifs is 1. The van der Waals surface area contributed by atoms with E-state index in [1.165, 1.54) is 17.0 Å². The van der Waals surface area contributed by atoms with E-state index in [4.69, 9.17) is 4.74 Å². The van der Waals surface area contributed by atoms with Crippen molar-refractivity contribution in [2.24, 2.45) is 0 Å². The van der Waals surface area contributed by atoms with Crippen LogP contribution in [0.2, 0.25) is 0 Å². The highest BCUT2D eigenvalue weighted by molar-refractivity contribution is 9.10. The number of ether oxygens (including phenoxy) is 1. The average Bonchev–Trinajstić information content (AvgIpc) is 3.15. The Morgan fingerprint density at radius 3 is 2.41 bits per heavy atom. The molecule has 4 aromatic rings. The predicted octanol–water partition coefficient (Wildman–Crippen LogP) is 7.33. The van der Waals surface area contributed by atoms with Crippen molar-refractivity contribution >= 4 is 61.4 Å². The summed E-state index contributed by atoms with van der Waals surface area (Å²) in [6, 6.07) is 25.3. The third kappa shape index (κ3) is 5.58. The lowest BCUT2D eigenvalue weighted by Crippen LogP contribution is -2.27. The van der Waals surface area contributed by atoms with Gasteiger partial charge in [-0.25, -0.2) is 0 Å². The predicted molar refractivity (Wildman–Crippen MR) is 147 cm³/mol. The Labute approximate surface area is 225 Å². The lowest BCUT2D eigenvalue weighted by atomic mass is 10.1. The van der Waals surface area contributed by atoms with Crippen LogP contribution >= 0.6 is 27.7 Å². The average molecular weight is 575 g/mol. The molecule has 0 spiro atoms. The van der Waals surface area contributed by atoms with Gasteiger partial charge in [-0.3, -0.25) is 24.6 Å². The van der Waals surface area contributed by atoms with Gasteiger partial charge < -0.3 is 4.74 Å². The Bertz CT molecular complexity index is 1570. The van der Waals surface area contributed by atoms with E-state index in [0.717, 1.165) is 38.1 Å². The van der Waals surface area contributed by atoms with E-state index in [2.05, 4.69) is 15.9 Å². The molecule has 0 aromatic heterocycles. The standard InChI is InChI=1S/C28H19BrN2O5S/c29-23-9-12-25(36-17-18-6-10-24(11-7-18)31(34)35)22(14-23)15-26-27(32)30(28(33)37-26)16-19-5-8-20-3-1-2-4-21(20)13-19/h1-15H,16-17H2/b26-15-. The van der Waals surface area contributed by atoms with Gasteiger partial charge in [-0.2, -0.15) is 0 Å². The van der Waals surface area contributed by atoms with Gasteiger partial charge in [-0.15, -0.1) is 0 Å². The number of carbonyl (C=O) groups is 2. The number of nitro groups is 1. The Balaban J connectivity index is 1.34.